The summed E-state index contributed by atoms with van der Waals surface area (Å²) in [4.78, 5) is 6.01. The summed E-state index contributed by atoms with van der Waals surface area (Å²) in [5.41, 5.74) is 0. The molecule has 0 atom stereocenters. The second-order valence-electron chi connectivity index (χ2n) is 1.71. The molecule has 5 nitrogen and oxygen atoms in total. The summed E-state index contributed by atoms with van der Waals surface area (Å²) >= 11 is 0. The lowest BCUT2D eigenvalue weighted by molar-refractivity contribution is 0.519. The number of hydrogen-bond acceptors (Lipinski definition) is 4. The quantitative estimate of drug-likeness (QED) is 0.452. The molecule has 0 fully saturated rings. The molecule has 0 amide bonds. The van der Waals surface area contributed by atoms with Crippen molar-refractivity contribution < 1.29 is 12.8 Å². The van der Waals surface area contributed by atoms with Crippen LogP contribution in [0.25, 0.3) is 0 Å². The molecule has 11 heavy (non-hydrogen) atoms. The van der Waals surface area contributed by atoms with Crippen molar-refractivity contribution in [3.05, 3.63) is 18.3 Å². The van der Waals surface area contributed by atoms with Gasteiger partial charge < -0.3 is 0 Å². The summed E-state index contributed by atoms with van der Waals surface area (Å²) in [6.07, 6.45) is -0.140. The maximum Gasteiger partial charge on any atom is 0.309 e. The highest BCUT2D eigenvalue weighted by Gasteiger charge is 2.09. The van der Waals surface area contributed by atoms with Crippen LogP contribution in [0.2, 0.25) is 0 Å². The number of halogens is 1. The Morgan fingerprint density at radius 1 is 1.55 bits per heavy atom. The maximum absolute atomic E-state index is 12.2. The van der Waals surface area contributed by atoms with E-state index in [1.807, 2.05) is 0 Å². The van der Waals surface area contributed by atoms with Crippen molar-refractivity contribution in [2.75, 3.05) is 0 Å². The fourth-order valence-electron chi connectivity index (χ4n) is 0.478. The van der Waals surface area contributed by atoms with Gasteiger partial charge in [0.05, 0.1) is 0 Å². The van der Waals surface area contributed by atoms with Gasteiger partial charge in [-0.25, -0.2) is 18.5 Å². The largest absolute Gasteiger partial charge is 0.309 e. The van der Waals surface area contributed by atoms with E-state index in [1.165, 1.54) is 0 Å². The predicted molar refractivity (Wildman–Crippen MR) is 33.4 cm³/mol. The van der Waals surface area contributed by atoms with Crippen molar-refractivity contribution in [1.29, 1.82) is 0 Å². The third kappa shape index (κ3) is 1.92. The molecule has 1 rings (SSSR count). The van der Waals surface area contributed by atoms with Crippen LogP contribution in [0.4, 0.5) is 4.39 Å². The monoisotopic (exact) mass is 177 g/mol. The molecule has 0 aliphatic carbocycles. The molecule has 0 bridgehead atoms. The number of nitrogens with zero attached hydrogens (tertiary/aromatic N) is 2. The molecule has 0 aliphatic heterocycles. The molecule has 0 aromatic carbocycles. The van der Waals surface area contributed by atoms with E-state index in [1.54, 1.807) is 0 Å². The Morgan fingerprint density at radius 3 is 2.55 bits per heavy atom. The predicted octanol–water partition coefficient (Wildman–Crippen LogP) is -0.737. The van der Waals surface area contributed by atoms with Crippen LogP contribution >= 0.6 is 0 Å². The molecular weight excluding hydrogens is 173 g/mol. The topological polar surface area (TPSA) is 85.9 Å². The Labute approximate surface area is 62.1 Å². The van der Waals surface area contributed by atoms with Gasteiger partial charge in [0.15, 0.2) is 5.03 Å². The smallest absolute Gasteiger partial charge is 0.223 e. The van der Waals surface area contributed by atoms with Crippen LogP contribution in [0.3, 0.4) is 0 Å². The van der Waals surface area contributed by atoms with E-state index >= 15 is 0 Å². The Balaban J connectivity index is 3.28. The van der Waals surface area contributed by atoms with Gasteiger partial charge in [-0.3, -0.25) is 0 Å². The van der Waals surface area contributed by atoms with Gasteiger partial charge in [0.1, 0.15) is 0 Å². The zero-order valence-corrected chi connectivity index (χ0v) is 6.05. The second-order valence-corrected chi connectivity index (χ2v) is 3.22. The van der Waals surface area contributed by atoms with Crippen LogP contribution in [0, 0.1) is 6.08 Å². The molecule has 2 N–H and O–H groups in total. The molecular formula is C4H4FN3O2S. The van der Waals surface area contributed by atoms with Gasteiger partial charge >= 0.3 is 6.08 Å². The van der Waals surface area contributed by atoms with Crippen LogP contribution < -0.4 is 5.14 Å². The van der Waals surface area contributed by atoms with E-state index in [4.69, 9.17) is 0 Å². The molecule has 7 heteroatoms. The van der Waals surface area contributed by atoms with E-state index in [2.05, 4.69) is 15.1 Å². The first-order chi connectivity index (χ1) is 5.00. The zero-order chi connectivity index (χ0) is 8.48. The van der Waals surface area contributed by atoms with E-state index in [0.717, 1.165) is 12.3 Å². The molecule has 60 valence electrons. The number of primary sulfonamides is 1. The third-order valence-corrected chi connectivity index (χ3v) is 1.70. The average molecular weight is 177 g/mol. The van der Waals surface area contributed by atoms with Crippen LogP contribution in [0.5, 0.6) is 0 Å². The minimum atomic E-state index is -3.92. The summed E-state index contributed by atoms with van der Waals surface area (Å²) < 4.78 is 33.2. The summed E-state index contributed by atoms with van der Waals surface area (Å²) in [6, 6.07) is 1.01. The highest BCUT2D eigenvalue weighted by atomic mass is 32.2. The van der Waals surface area contributed by atoms with E-state index < -0.39 is 21.1 Å². The van der Waals surface area contributed by atoms with Crippen molar-refractivity contribution in [2.24, 2.45) is 5.14 Å². The highest BCUT2D eigenvalue weighted by Crippen LogP contribution is 1.99. The van der Waals surface area contributed by atoms with Gasteiger partial charge in [-0.1, -0.05) is 0 Å². The highest BCUT2D eigenvalue weighted by molar-refractivity contribution is 7.89. The molecule has 0 spiro atoms. The van der Waals surface area contributed by atoms with Crippen LogP contribution in [-0.2, 0) is 10.0 Å². The summed E-state index contributed by atoms with van der Waals surface area (Å²) in [5, 5.41) is 4.12. The van der Waals surface area contributed by atoms with Gasteiger partial charge in [0, 0.05) is 6.20 Å². The molecule has 0 saturated carbocycles. The minimum Gasteiger partial charge on any atom is -0.223 e. The molecule has 0 radical (unpaired) electrons. The van der Waals surface area contributed by atoms with Crippen molar-refractivity contribution >= 4 is 10.0 Å². The number of nitrogens with two attached hydrogens (primary N) is 1. The van der Waals surface area contributed by atoms with E-state index in [-0.39, 0.29) is 0 Å². The second kappa shape index (κ2) is 2.51. The van der Waals surface area contributed by atoms with Gasteiger partial charge in [-0.15, -0.1) is 0 Å². The molecule has 1 aromatic rings. The molecule has 1 heterocycles. The Hall–Kier alpha value is -1.08. The Morgan fingerprint density at radius 2 is 2.18 bits per heavy atom. The standard InChI is InChI=1S/C4H4FN3O2S/c5-4-7-2-1-3(8-4)11(6,9)10/h1-2H,(H2,6,9,10). The van der Waals surface area contributed by atoms with Crippen molar-refractivity contribution in [2.45, 2.75) is 5.03 Å². The first kappa shape index (κ1) is 8.02. The lowest BCUT2D eigenvalue weighted by atomic mass is 10.7. The normalized spacial score (nSPS) is 11.5. The maximum atomic E-state index is 12.2. The van der Waals surface area contributed by atoms with Crippen LogP contribution in [0.1, 0.15) is 0 Å². The van der Waals surface area contributed by atoms with E-state index in [9.17, 15) is 12.8 Å². The average Bonchev–Trinajstić information content (AvgIpc) is 1.86. The van der Waals surface area contributed by atoms with Gasteiger partial charge in [0.25, 0.3) is 10.0 Å². The summed E-state index contributed by atoms with van der Waals surface area (Å²) in [5.74, 6) is 0. The van der Waals surface area contributed by atoms with Crippen LogP contribution in [-0.4, -0.2) is 18.4 Å². The molecule has 0 aliphatic rings. The van der Waals surface area contributed by atoms with Crippen molar-refractivity contribution in [1.82, 2.24) is 9.97 Å². The zero-order valence-electron chi connectivity index (χ0n) is 5.23. The summed E-state index contributed by atoms with van der Waals surface area (Å²) in [7, 11) is -3.92. The Kier molecular flexibility index (Phi) is 1.83. The molecule has 1 aromatic heterocycles. The van der Waals surface area contributed by atoms with Gasteiger partial charge in [0.2, 0.25) is 0 Å². The fourth-order valence-corrected chi connectivity index (χ4v) is 0.931. The number of aromatic nitrogens is 2. The SMILES string of the molecule is NS(=O)(=O)c1ccnc(F)n1. The fraction of sp³-hybridized carbons (Fsp3) is 0. The van der Waals surface area contributed by atoms with E-state index in [0.29, 0.717) is 0 Å². The Bertz CT molecular complexity index is 363. The number of sulfonamides is 1. The minimum absolute atomic E-state index is 0.523. The third-order valence-electron chi connectivity index (χ3n) is 0.892. The van der Waals surface area contributed by atoms with Gasteiger partial charge in [-0.2, -0.15) is 9.37 Å². The molecule has 0 unspecified atom stereocenters. The van der Waals surface area contributed by atoms with Gasteiger partial charge in [-0.05, 0) is 6.07 Å². The lowest BCUT2D eigenvalue weighted by Crippen LogP contribution is -2.14. The van der Waals surface area contributed by atoms with Crippen molar-refractivity contribution in [3.8, 4) is 0 Å². The van der Waals surface area contributed by atoms with Crippen LogP contribution in [0.15, 0.2) is 17.3 Å². The summed E-state index contributed by atoms with van der Waals surface area (Å²) in [6.45, 7) is 0. The number of rotatable bonds is 1. The lowest BCUT2D eigenvalue weighted by Gasteiger charge is -1.93. The first-order valence-electron chi connectivity index (χ1n) is 2.51. The number of hydrogen-bond donors (Lipinski definition) is 1. The first-order valence-corrected chi connectivity index (χ1v) is 4.06. The molecule has 0 saturated heterocycles. The van der Waals surface area contributed by atoms with Crippen molar-refractivity contribution in [3.63, 3.8) is 0 Å².